The largest absolute Gasteiger partial charge is 0.490 e. The Balaban J connectivity index is 0.000000449. The Morgan fingerprint density at radius 1 is 1.03 bits per heavy atom. The van der Waals surface area contributed by atoms with Crippen molar-refractivity contribution in [2.24, 2.45) is 18.4 Å². The monoisotopic (exact) mass is 578 g/mol. The molecule has 16 heteroatoms. The lowest BCUT2D eigenvalue weighted by Crippen LogP contribution is -2.45. The van der Waals surface area contributed by atoms with Crippen molar-refractivity contribution in [1.29, 1.82) is 0 Å². The van der Waals surface area contributed by atoms with E-state index in [1.807, 2.05) is 18.8 Å². The first-order valence-corrected chi connectivity index (χ1v) is 12.0. The molecule has 0 radical (unpaired) electrons. The first-order chi connectivity index (χ1) is 17.9. The maximum atomic E-state index is 10.6. The fraction of sp³-hybridized carbons (Fsp3) is 0.783. The minimum absolute atomic E-state index is 0.419. The molecule has 3 rings (SSSR count). The summed E-state index contributed by atoms with van der Waals surface area (Å²) in [5.41, 5.74) is 2.84. The van der Waals surface area contributed by atoms with Crippen LogP contribution in [0.2, 0.25) is 0 Å². The van der Waals surface area contributed by atoms with Crippen LogP contribution in [-0.4, -0.2) is 114 Å². The van der Waals surface area contributed by atoms with Crippen LogP contribution in [0.15, 0.2) is 6.07 Å². The highest BCUT2D eigenvalue weighted by Crippen LogP contribution is 2.45. The summed E-state index contributed by atoms with van der Waals surface area (Å²) in [7, 11) is 5.68. The van der Waals surface area contributed by atoms with Crippen LogP contribution in [0.3, 0.4) is 0 Å². The van der Waals surface area contributed by atoms with Gasteiger partial charge >= 0.3 is 24.3 Å². The van der Waals surface area contributed by atoms with Crippen LogP contribution in [0.5, 0.6) is 0 Å². The molecule has 0 bridgehead atoms. The summed E-state index contributed by atoms with van der Waals surface area (Å²) >= 11 is 0. The van der Waals surface area contributed by atoms with E-state index in [4.69, 9.17) is 29.3 Å². The Morgan fingerprint density at radius 3 is 1.92 bits per heavy atom. The molecule has 0 aromatic carbocycles. The number of carboxylic acid groups (broad SMARTS) is 2. The Morgan fingerprint density at radius 2 is 1.54 bits per heavy atom. The third kappa shape index (κ3) is 11.3. The van der Waals surface area contributed by atoms with Gasteiger partial charge in [0.15, 0.2) is 0 Å². The van der Waals surface area contributed by atoms with E-state index in [1.165, 1.54) is 38.2 Å². The second-order valence-electron chi connectivity index (χ2n) is 9.53. The first kappa shape index (κ1) is 34.6. The van der Waals surface area contributed by atoms with Gasteiger partial charge in [-0.15, -0.1) is 0 Å². The summed E-state index contributed by atoms with van der Waals surface area (Å²) < 4.78 is 76.3. The van der Waals surface area contributed by atoms with Crippen LogP contribution in [0.25, 0.3) is 0 Å². The molecule has 39 heavy (non-hydrogen) atoms. The second-order valence-corrected chi connectivity index (χ2v) is 9.53. The molecule has 1 aromatic rings. The van der Waals surface area contributed by atoms with Gasteiger partial charge in [0.1, 0.15) is 0 Å². The Bertz CT molecular complexity index is 892. The van der Waals surface area contributed by atoms with Gasteiger partial charge in [-0.1, -0.05) is 0 Å². The SMILES string of the molecule is COCCN1CC(COC)C2(CCN(Cc3cc(C)nn3C)CC2)C1.O=C(O)C(F)(F)F.O=C(O)C(F)(F)F. The molecule has 2 aliphatic rings. The molecule has 2 saturated heterocycles. The van der Waals surface area contributed by atoms with Crippen molar-refractivity contribution in [1.82, 2.24) is 19.6 Å². The van der Waals surface area contributed by atoms with Crippen LogP contribution in [0.1, 0.15) is 24.2 Å². The number of aryl methyl sites for hydroxylation is 2. The number of ether oxygens (including phenoxy) is 2. The lowest BCUT2D eigenvalue weighted by molar-refractivity contribution is -0.193. The minimum Gasteiger partial charge on any atom is -0.475 e. The number of halogens is 6. The Labute approximate surface area is 222 Å². The number of rotatable bonds is 7. The molecule has 0 saturated carbocycles. The number of methoxy groups -OCH3 is 2. The van der Waals surface area contributed by atoms with Crippen molar-refractivity contribution in [2.75, 3.05) is 60.2 Å². The lowest BCUT2D eigenvalue weighted by atomic mass is 9.71. The molecule has 2 fully saturated rings. The third-order valence-corrected chi connectivity index (χ3v) is 6.68. The molecule has 2 aliphatic heterocycles. The van der Waals surface area contributed by atoms with E-state index in [0.29, 0.717) is 11.3 Å². The molecule has 2 N–H and O–H groups in total. The number of hydrogen-bond donors (Lipinski definition) is 2. The molecule has 3 heterocycles. The molecular formula is C23H36F6N4O6. The van der Waals surface area contributed by atoms with Crippen LogP contribution < -0.4 is 0 Å². The van der Waals surface area contributed by atoms with Gasteiger partial charge in [0.2, 0.25) is 0 Å². The van der Waals surface area contributed by atoms with Crippen molar-refractivity contribution in [3.8, 4) is 0 Å². The summed E-state index contributed by atoms with van der Waals surface area (Å²) in [5, 5.41) is 18.7. The Hall–Kier alpha value is -2.43. The highest BCUT2D eigenvalue weighted by molar-refractivity contribution is 5.73. The van der Waals surface area contributed by atoms with Crippen molar-refractivity contribution in [3.05, 3.63) is 17.5 Å². The standard InChI is InChI=1S/C19H34N4O2.2C2HF3O2/c1-16-11-18(21(2)20-16)13-22-7-5-19(6-8-22)15-23(9-10-24-3)12-17(19)14-25-4;2*3-2(4,5)1(6)7/h11,17H,5-10,12-15H2,1-4H3;2*(H,6,7). The zero-order chi connectivity index (χ0) is 30.0. The summed E-state index contributed by atoms with van der Waals surface area (Å²) in [5.74, 6) is -4.87. The van der Waals surface area contributed by atoms with Gasteiger partial charge in [-0.2, -0.15) is 31.4 Å². The molecular weight excluding hydrogens is 542 g/mol. The van der Waals surface area contributed by atoms with E-state index in [2.05, 4.69) is 27.9 Å². The van der Waals surface area contributed by atoms with Crippen molar-refractivity contribution in [2.45, 2.75) is 38.7 Å². The highest BCUT2D eigenvalue weighted by Gasteiger charge is 2.47. The van der Waals surface area contributed by atoms with Crippen molar-refractivity contribution >= 4 is 11.9 Å². The van der Waals surface area contributed by atoms with E-state index < -0.39 is 24.3 Å². The van der Waals surface area contributed by atoms with Crippen molar-refractivity contribution < 1.29 is 55.6 Å². The molecule has 0 amide bonds. The number of aromatic nitrogens is 2. The minimum atomic E-state index is -5.08. The Kier molecular flexibility index (Phi) is 13.1. The maximum absolute atomic E-state index is 10.6. The third-order valence-electron chi connectivity index (χ3n) is 6.68. The normalized spacial score (nSPS) is 19.7. The van der Waals surface area contributed by atoms with Gasteiger partial charge in [-0.3, -0.25) is 9.58 Å². The summed E-state index contributed by atoms with van der Waals surface area (Å²) in [6.07, 6.45) is -7.64. The van der Waals surface area contributed by atoms with Gasteiger partial charge in [-0.25, -0.2) is 9.59 Å². The smallest absolute Gasteiger partial charge is 0.475 e. The summed E-state index contributed by atoms with van der Waals surface area (Å²) in [6, 6.07) is 2.21. The summed E-state index contributed by atoms with van der Waals surface area (Å²) in [4.78, 5) is 23.0. The highest BCUT2D eigenvalue weighted by atomic mass is 19.4. The van der Waals surface area contributed by atoms with Gasteiger partial charge in [0.05, 0.1) is 24.6 Å². The second kappa shape index (κ2) is 14.8. The van der Waals surface area contributed by atoms with Crippen molar-refractivity contribution in [3.63, 3.8) is 0 Å². The topological polar surface area (TPSA) is 117 Å². The van der Waals surface area contributed by atoms with E-state index >= 15 is 0 Å². The predicted molar refractivity (Wildman–Crippen MR) is 126 cm³/mol. The number of piperidine rings is 1. The number of carboxylic acids is 2. The van der Waals surface area contributed by atoms with E-state index in [1.54, 1.807) is 7.11 Å². The molecule has 1 aromatic heterocycles. The quantitative estimate of drug-likeness (QED) is 0.471. The fourth-order valence-corrected chi connectivity index (χ4v) is 4.73. The zero-order valence-electron chi connectivity index (χ0n) is 22.3. The fourth-order valence-electron chi connectivity index (χ4n) is 4.73. The van der Waals surface area contributed by atoms with E-state index in [9.17, 15) is 26.3 Å². The first-order valence-electron chi connectivity index (χ1n) is 12.0. The van der Waals surface area contributed by atoms with Gasteiger partial charge < -0.3 is 24.6 Å². The molecule has 1 atom stereocenters. The number of hydrogen-bond acceptors (Lipinski definition) is 7. The molecule has 1 unspecified atom stereocenters. The lowest BCUT2D eigenvalue weighted by Gasteiger charge is -2.42. The molecule has 226 valence electrons. The number of alkyl halides is 6. The average Bonchev–Trinajstić information content (AvgIpc) is 3.32. The van der Waals surface area contributed by atoms with Crippen LogP contribution in [-0.2, 0) is 32.7 Å². The molecule has 0 aliphatic carbocycles. The maximum Gasteiger partial charge on any atom is 0.490 e. The van der Waals surface area contributed by atoms with Crippen LogP contribution in [0, 0.1) is 18.3 Å². The summed E-state index contributed by atoms with van der Waals surface area (Å²) in [6.45, 7) is 10.5. The number of aliphatic carboxylic acids is 2. The number of nitrogens with zero attached hydrogens (tertiary/aromatic N) is 4. The number of likely N-dealkylation sites (tertiary alicyclic amines) is 2. The van der Waals surface area contributed by atoms with Gasteiger partial charge in [0, 0.05) is 53.4 Å². The molecule has 10 nitrogen and oxygen atoms in total. The zero-order valence-corrected chi connectivity index (χ0v) is 22.3. The van der Waals surface area contributed by atoms with Gasteiger partial charge in [0.25, 0.3) is 0 Å². The van der Waals surface area contributed by atoms with E-state index in [0.717, 1.165) is 38.5 Å². The van der Waals surface area contributed by atoms with Crippen LogP contribution in [0.4, 0.5) is 26.3 Å². The number of carbonyl (C=O) groups is 2. The molecule has 1 spiro atoms. The average molecular weight is 579 g/mol. The predicted octanol–water partition coefficient (Wildman–Crippen LogP) is 2.80. The van der Waals surface area contributed by atoms with Crippen LogP contribution >= 0.6 is 0 Å². The van der Waals surface area contributed by atoms with Gasteiger partial charge in [-0.05, 0) is 44.3 Å². The van der Waals surface area contributed by atoms with E-state index in [-0.39, 0.29) is 0 Å².